The molecule has 1 atom stereocenters. The average molecular weight is 352 g/mol. The Morgan fingerprint density at radius 2 is 1.56 bits per heavy atom. The fourth-order valence-corrected chi connectivity index (χ4v) is 2.36. The third kappa shape index (κ3) is 6.02. The van der Waals surface area contributed by atoms with Gasteiger partial charge in [-0.15, -0.1) is 13.2 Å². The van der Waals surface area contributed by atoms with Gasteiger partial charge in [-0.1, -0.05) is 6.07 Å². The van der Waals surface area contributed by atoms with Crippen molar-refractivity contribution >= 4 is 17.3 Å². The van der Waals surface area contributed by atoms with Crippen molar-refractivity contribution in [1.82, 2.24) is 0 Å². The zero-order valence-corrected chi connectivity index (χ0v) is 14.1. The first-order valence-corrected chi connectivity index (χ1v) is 7.64. The molecule has 7 heteroatoms. The molecule has 134 valence electrons. The van der Waals surface area contributed by atoms with E-state index in [9.17, 15) is 18.0 Å². The number of alkyl halides is 3. The number of rotatable bonds is 5. The summed E-state index contributed by atoms with van der Waals surface area (Å²) in [7, 11) is 0. The number of carbonyl (C=O) groups excluding carboxylic acids is 1. The van der Waals surface area contributed by atoms with Crippen molar-refractivity contribution in [1.29, 1.82) is 0 Å². The zero-order chi connectivity index (χ0) is 18.6. The number of carbonyl (C=O) groups is 1. The number of nitrogens with one attached hydrogen (secondary N) is 2. The van der Waals surface area contributed by atoms with E-state index in [4.69, 9.17) is 0 Å². The van der Waals surface area contributed by atoms with E-state index < -0.39 is 12.4 Å². The van der Waals surface area contributed by atoms with E-state index in [0.29, 0.717) is 5.69 Å². The highest BCUT2D eigenvalue weighted by atomic mass is 19.4. The number of amides is 1. The number of halogens is 3. The lowest BCUT2D eigenvalue weighted by Gasteiger charge is -2.16. The molecule has 0 spiro atoms. The maximum absolute atomic E-state index is 12.2. The van der Waals surface area contributed by atoms with Crippen molar-refractivity contribution in [2.75, 3.05) is 10.6 Å². The van der Waals surface area contributed by atoms with Gasteiger partial charge in [-0.25, -0.2) is 0 Å². The molecule has 2 N–H and O–H groups in total. The molecule has 0 aromatic heterocycles. The van der Waals surface area contributed by atoms with Crippen molar-refractivity contribution in [2.45, 2.75) is 33.2 Å². The molecule has 0 radical (unpaired) electrons. The Bertz CT molecular complexity index is 723. The molecule has 2 rings (SSSR count). The van der Waals surface area contributed by atoms with Crippen LogP contribution in [-0.4, -0.2) is 18.3 Å². The van der Waals surface area contributed by atoms with Gasteiger partial charge in [-0.3, -0.25) is 4.79 Å². The van der Waals surface area contributed by atoms with E-state index in [0.717, 1.165) is 28.9 Å². The number of aryl methyl sites for hydroxylation is 2. The molecular weight excluding hydrogens is 333 g/mol. The molecule has 1 amide bonds. The minimum atomic E-state index is -4.74. The molecule has 2 aromatic rings. The Morgan fingerprint density at radius 3 is 2.08 bits per heavy atom. The fourth-order valence-electron chi connectivity index (χ4n) is 2.36. The number of ether oxygens (including phenoxy) is 1. The van der Waals surface area contributed by atoms with Crippen LogP contribution in [0.1, 0.15) is 18.1 Å². The fraction of sp³-hybridized carbons (Fsp3) is 0.278. The Kier molecular flexibility index (Phi) is 5.56. The van der Waals surface area contributed by atoms with Gasteiger partial charge in [0.1, 0.15) is 11.8 Å². The van der Waals surface area contributed by atoms with Crippen molar-refractivity contribution in [2.24, 2.45) is 0 Å². The van der Waals surface area contributed by atoms with E-state index in [-0.39, 0.29) is 11.7 Å². The lowest BCUT2D eigenvalue weighted by molar-refractivity contribution is -0.274. The molecule has 25 heavy (non-hydrogen) atoms. The van der Waals surface area contributed by atoms with Crippen LogP contribution in [0.3, 0.4) is 0 Å². The van der Waals surface area contributed by atoms with Crippen LogP contribution in [-0.2, 0) is 4.79 Å². The SMILES string of the molecule is Cc1cc(C)cc(NC(C)C(=O)Nc2ccc(OC(F)(F)F)cc2)c1. The van der Waals surface area contributed by atoms with Crippen LogP contribution in [0.4, 0.5) is 24.5 Å². The smallest absolute Gasteiger partial charge is 0.406 e. The first-order valence-electron chi connectivity index (χ1n) is 7.64. The highest BCUT2D eigenvalue weighted by Crippen LogP contribution is 2.24. The van der Waals surface area contributed by atoms with Crippen molar-refractivity contribution in [3.63, 3.8) is 0 Å². The molecule has 0 saturated carbocycles. The molecule has 0 fully saturated rings. The molecule has 4 nitrogen and oxygen atoms in total. The summed E-state index contributed by atoms with van der Waals surface area (Å²) in [6, 6.07) is 10.4. The standard InChI is InChI=1S/C18H19F3N2O2/c1-11-8-12(2)10-15(9-11)22-13(3)17(24)23-14-4-6-16(7-5-14)25-18(19,20)21/h4-10,13,22H,1-3H3,(H,23,24). The summed E-state index contributed by atoms with van der Waals surface area (Å²) < 4.78 is 40.1. The van der Waals surface area contributed by atoms with Gasteiger partial charge >= 0.3 is 6.36 Å². The third-order valence-corrected chi connectivity index (χ3v) is 3.35. The molecule has 0 heterocycles. The van der Waals surface area contributed by atoms with Gasteiger partial charge in [-0.2, -0.15) is 0 Å². The van der Waals surface area contributed by atoms with Gasteiger partial charge in [0.15, 0.2) is 0 Å². The summed E-state index contributed by atoms with van der Waals surface area (Å²) in [6.07, 6.45) is -4.74. The van der Waals surface area contributed by atoms with Crippen LogP contribution in [0.2, 0.25) is 0 Å². The van der Waals surface area contributed by atoms with Crippen molar-refractivity contribution < 1.29 is 22.7 Å². The minimum absolute atomic E-state index is 0.302. The van der Waals surface area contributed by atoms with Gasteiger partial charge in [0.05, 0.1) is 0 Å². The molecule has 0 bridgehead atoms. The topological polar surface area (TPSA) is 50.4 Å². The molecule has 2 aromatic carbocycles. The monoisotopic (exact) mass is 352 g/mol. The van der Waals surface area contributed by atoms with E-state index >= 15 is 0 Å². The molecule has 0 aliphatic heterocycles. The lowest BCUT2D eigenvalue weighted by atomic mass is 10.1. The Labute approximate surface area is 144 Å². The summed E-state index contributed by atoms with van der Waals surface area (Å²) in [5, 5.41) is 5.74. The predicted octanol–water partition coefficient (Wildman–Crippen LogP) is 4.64. The summed E-state index contributed by atoms with van der Waals surface area (Å²) in [5.41, 5.74) is 3.37. The highest BCUT2D eigenvalue weighted by Gasteiger charge is 2.31. The highest BCUT2D eigenvalue weighted by molar-refractivity contribution is 5.96. The van der Waals surface area contributed by atoms with E-state index in [1.54, 1.807) is 6.92 Å². The van der Waals surface area contributed by atoms with Crippen LogP contribution in [0, 0.1) is 13.8 Å². The summed E-state index contributed by atoms with van der Waals surface area (Å²) >= 11 is 0. The van der Waals surface area contributed by atoms with Crippen LogP contribution >= 0.6 is 0 Å². The second-order valence-corrected chi connectivity index (χ2v) is 5.80. The summed E-state index contributed by atoms with van der Waals surface area (Å²) in [6.45, 7) is 5.63. The lowest BCUT2D eigenvalue weighted by Crippen LogP contribution is -2.31. The van der Waals surface area contributed by atoms with Gasteiger partial charge < -0.3 is 15.4 Å². The van der Waals surface area contributed by atoms with E-state index in [1.165, 1.54) is 12.1 Å². The van der Waals surface area contributed by atoms with Crippen molar-refractivity contribution in [3.8, 4) is 5.75 Å². The largest absolute Gasteiger partial charge is 0.573 e. The van der Waals surface area contributed by atoms with Crippen LogP contribution in [0.15, 0.2) is 42.5 Å². The summed E-state index contributed by atoms with van der Waals surface area (Å²) in [5.74, 6) is -0.643. The molecule has 1 unspecified atom stereocenters. The molecule has 0 aliphatic rings. The first-order chi connectivity index (χ1) is 11.6. The normalized spacial score (nSPS) is 12.4. The predicted molar refractivity (Wildman–Crippen MR) is 90.8 cm³/mol. The minimum Gasteiger partial charge on any atom is -0.406 e. The Morgan fingerprint density at radius 1 is 1.00 bits per heavy atom. The quantitative estimate of drug-likeness (QED) is 0.824. The third-order valence-electron chi connectivity index (χ3n) is 3.35. The van der Waals surface area contributed by atoms with Gasteiger partial charge in [-0.05, 0) is 68.3 Å². The Hall–Kier alpha value is -2.70. The maximum atomic E-state index is 12.2. The van der Waals surface area contributed by atoms with Gasteiger partial charge in [0, 0.05) is 11.4 Å². The number of anilines is 2. The number of benzene rings is 2. The van der Waals surface area contributed by atoms with Gasteiger partial charge in [0.25, 0.3) is 0 Å². The molecule has 0 saturated heterocycles. The average Bonchev–Trinajstić information content (AvgIpc) is 2.46. The van der Waals surface area contributed by atoms with Crippen LogP contribution in [0.5, 0.6) is 5.75 Å². The van der Waals surface area contributed by atoms with E-state index in [2.05, 4.69) is 15.4 Å². The maximum Gasteiger partial charge on any atom is 0.573 e. The Balaban J connectivity index is 1.96. The second-order valence-electron chi connectivity index (χ2n) is 5.80. The van der Waals surface area contributed by atoms with E-state index in [1.807, 2.05) is 32.0 Å². The number of hydrogen-bond donors (Lipinski definition) is 2. The number of hydrogen-bond acceptors (Lipinski definition) is 3. The second kappa shape index (κ2) is 7.46. The van der Waals surface area contributed by atoms with Crippen LogP contribution in [0.25, 0.3) is 0 Å². The molecule has 0 aliphatic carbocycles. The zero-order valence-electron chi connectivity index (χ0n) is 14.1. The first kappa shape index (κ1) is 18.6. The van der Waals surface area contributed by atoms with Crippen LogP contribution < -0.4 is 15.4 Å². The van der Waals surface area contributed by atoms with Crippen molar-refractivity contribution in [3.05, 3.63) is 53.6 Å². The molecular formula is C18H19F3N2O2. The van der Waals surface area contributed by atoms with Gasteiger partial charge in [0.2, 0.25) is 5.91 Å². The summed E-state index contributed by atoms with van der Waals surface area (Å²) in [4.78, 5) is 12.2.